The van der Waals surface area contributed by atoms with Gasteiger partial charge in [0.1, 0.15) is 5.60 Å². The summed E-state index contributed by atoms with van der Waals surface area (Å²) in [5, 5.41) is 13.5. The van der Waals surface area contributed by atoms with Crippen LogP contribution < -0.4 is 11.1 Å². The molecule has 0 bridgehead atoms. The van der Waals surface area contributed by atoms with Crippen LogP contribution in [0.1, 0.15) is 25.7 Å². The lowest BCUT2D eigenvalue weighted by Gasteiger charge is -2.26. The van der Waals surface area contributed by atoms with Crippen LogP contribution in [0.2, 0.25) is 0 Å². The highest BCUT2D eigenvalue weighted by Gasteiger charge is 2.34. The van der Waals surface area contributed by atoms with Crippen molar-refractivity contribution < 1.29 is 9.84 Å². The van der Waals surface area contributed by atoms with E-state index >= 15 is 0 Å². The minimum absolute atomic E-state index is 0.472. The Balaban J connectivity index is 1.77. The molecule has 2 fully saturated rings. The van der Waals surface area contributed by atoms with E-state index in [1.54, 1.807) is 0 Å². The Hall–Kier alpha value is -0.160. The molecule has 1 aliphatic heterocycles. The van der Waals surface area contributed by atoms with Crippen molar-refractivity contribution in [2.75, 3.05) is 26.3 Å². The normalized spacial score (nSPS) is 41.2. The highest BCUT2D eigenvalue weighted by molar-refractivity contribution is 4.90. The van der Waals surface area contributed by atoms with Crippen molar-refractivity contribution in [1.29, 1.82) is 0 Å². The van der Waals surface area contributed by atoms with Gasteiger partial charge in [-0.15, -0.1) is 0 Å². The van der Waals surface area contributed by atoms with Gasteiger partial charge in [-0.25, -0.2) is 0 Å². The summed E-state index contributed by atoms with van der Waals surface area (Å²) in [5.74, 6) is 0.593. The van der Waals surface area contributed by atoms with Crippen LogP contribution in [-0.2, 0) is 4.74 Å². The summed E-state index contributed by atoms with van der Waals surface area (Å²) in [6.45, 7) is 2.56. The van der Waals surface area contributed by atoms with E-state index in [4.69, 9.17) is 10.5 Å². The quantitative estimate of drug-likeness (QED) is 0.609. The largest absolute Gasteiger partial charge is 0.386 e. The van der Waals surface area contributed by atoms with Gasteiger partial charge in [0, 0.05) is 25.6 Å². The minimum atomic E-state index is -0.637. The van der Waals surface area contributed by atoms with Crippen LogP contribution in [0.15, 0.2) is 0 Å². The highest BCUT2D eigenvalue weighted by atomic mass is 16.5. The average Bonchev–Trinajstić information content (AvgIpc) is 2.84. The molecule has 4 heteroatoms. The molecular weight excluding hydrogens is 192 g/mol. The summed E-state index contributed by atoms with van der Waals surface area (Å²) >= 11 is 0. The van der Waals surface area contributed by atoms with Gasteiger partial charge in [-0.1, -0.05) is 6.42 Å². The van der Waals surface area contributed by atoms with Gasteiger partial charge >= 0.3 is 0 Å². The molecule has 4 nitrogen and oxygen atoms in total. The molecule has 3 atom stereocenters. The SMILES string of the molecule is NCC1CCCC1NCC1(O)CCOC1. The molecule has 1 heterocycles. The summed E-state index contributed by atoms with van der Waals surface area (Å²) in [7, 11) is 0. The maximum Gasteiger partial charge on any atom is 0.102 e. The molecule has 3 unspecified atom stereocenters. The molecule has 4 N–H and O–H groups in total. The number of nitrogens with one attached hydrogen (secondary N) is 1. The molecule has 88 valence electrons. The molecule has 0 radical (unpaired) electrons. The first-order valence-electron chi connectivity index (χ1n) is 5.97. The zero-order valence-corrected chi connectivity index (χ0v) is 9.24. The predicted octanol–water partition coefficient (Wildman–Crippen LogP) is -0.145. The lowest BCUT2D eigenvalue weighted by molar-refractivity contribution is 0.0238. The zero-order valence-electron chi connectivity index (χ0n) is 9.24. The number of rotatable bonds is 4. The molecule has 1 aliphatic carbocycles. The summed E-state index contributed by atoms with van der Waals surface area (Å²) in [5.41, 5.74) is 5.08. The third-order valence-corrected chi connectivity index (χ3v) is 3.74. The second-order valence-electron chi connectivity index (χ2n) is 4.94. The monoisotopic (exact) mass is 214 g/mol. The lowest BCUT2D eigenvalue weighted by Crippen LogP contribution is -2.47. The summed E-state index contributed by atoms with van der Waals surface area (Å²) in [4.78, 5) is 0. The van der Waals surface area contributed by atoms with Crippen LogP contribution >= 0.6 is 0 Å². The number of ether oxygens (including phenoxy) is 1. The Labute approximate surface area is 91.2 Å². The molecular formula is C11H22N2O2. The van der Waals surface area contributed by atoms with Crippen molar-refractivity contribution in [2.45, 2.75) is 37.3 Å². The van der Waals surface area contributed by atoms with Gasteiger partial charge in [-0.3, -0.25) is 0 Å². The Morgan fingerprint density at radius 3 is 3.00 bits per heavy atom. The highest BCUT2D eigenvalue weighted by Crippen LogP contribution is 2.25. The van der Waals surface area contributed by atoms with Crippen molar-refractivity contribution >= 4 is 0 Å². The van der Waals surface area contributed by atoms with E-state index < -0.39 is 5.60 Å². The molecule has 1 saturated heterocycles. The van der Waals surface area contributed by atoms with E-state index in [1.165, 1.54) is 19.3 Å². The van der Waals surface area contributed by atoms with E-state index in [2.05, 4.69) is 5.32 Å². The van der Waals surface area contributed by atoms with Crippen molar-refractivity contribution in [3.63, 3.8) is 0 Å². The van der Waals surface area contributed by atoms with Gasteiger partial charge < -0.3 is 20.9 Å². The van der Waals surface area contributed by atoms with Gasteiger partial charge in [-0.2, -0.15) is 0 Å². The van der Waals surface area contributed by atoms with E-state index in [-0.39, 0.29) is 0 Å². The smallest absolute Gasteiger partial charge is 0.102 e. The number of aliphatic hydroxyl groups is 1. The van der Waals surface area contributed by atoms with Crippen molar-refractivity contribution in [2.24, 2.45) is 11.7 Å². The second-order valence-corrected chi connectivity index (χ2v) is 4.94. The first-order valence-corrected chi connectivity index (χ1v) is 5.97. The minimum Gasteiger partial charge on any atom is -0.386 e. The molecule has 0 aromatic heterocycles. The van der Waals surface area contributed by atoms with Crippen LogP contribution in [-0.4, -0.2) is 43.1 Å². The van der Waals surface area contributed by atoms with Gasteiger partial charge in [0.15, 0.2) is 0 Å². The third-order valence-electron chi connectivity index (χ3n) is 3.74. The molecule has 15 heavy (non-hydrogen) atoms. The van der Waals surface area contributed by atoms with Crippen molar-refractivity contribution in [3.05, 3.63) is 0 Å². The standard InChI is InChI=1S/C11H22N2O2/c12-6-9-2-1-3-10(9)13-7-11(14)4-5-15-8-11/h9-10,13-14H,1-8,12H2. The van der Waals surface area contributed by atoms with E-state index in [0.717, 1.165) is 13.0 Å². The Bertz CT molecular complexity index is 205. The third kappa shape index (κ3) is 2.69. The van der Waals surface area contributed by atoms with Crippen LogP contribution in [0.3, 0.4) is 0 Å². The fourth-order valence-electron chi connectivity index (χ4n) is 2.64. The summed E-state index contributed by atoms with van der Waals surface area (Å²) < 4.78 is 5.21. The molecule has 2 aliphatic rings. The Morgan fingerprint density at radius 1 is 1.47 bits per heavy atom. The maximum absolute atomic E-state index is 10.1. The molecule has 0 aromatic rings. The van der Waals surface area contributed by atoms with Crippen molar-refractivity contribution in [3.8, 4) is 0 Å². The molecule has 0 amide bonds. The second kappa shape index (κ2) is 4.78. The predicted molar refractivity (Wildman–Crippen MR) is 58.6 cm³/mol. The maximum atomic E-state index is 10.1. The number of nitrogens with two attached hydrogens (primary N) is 1. The van der Waals surface area contributed by atoms with Crippen LogP contribution in [0.4, 0.5) is 0 Å². The van der Waals surface area contributed by atoms with Gasteiger partial charge in [0.2, 0.25) is 0 Å². The Morgan fingerprint density at radius 2 is 2.33 bits per heavy atom. The van der Waals surface area contributed by atoms with Crippen LogP contribution in [0, 0.1) is 5.92 Å². The fourth-order valence-corrected chi connectivity index (χ4v) is 2.64. The molecule has 2 rings (SSSR count). The first kappa shape index (κ1) is 11.3. The summed E-state index contributed by atoms with van der Waals surface area (Å²) in [6.07, 6.45) is 4.43. The average molecular weight is 214 g/mol. The van der Waals surface area contributed by atoms with Gasteiger partial charge in [0.25, 0.3) is 0 Å². The summed E-state index contributed by atoms with van der Waals surface area (Å²) in [6, 6.07) is 0.500. The lowest BCUT2D eigenvalue weighted by atomic mass is 10.0. The van der Waals surface area contributed by atoms with E-state index in [9.17, 15) is 5.11 Å². The van der Waals surface area contributed by atoms with Crippen LogP contribution in [0.5, 0.6) is 0 Å². The molecule has 0 aromatic carbocycles. The number of hydrogen-bond acceptors (Lipinski definition) is 4. The van der Waals surface area contributed by atoms with Gasteiger partial charge in [-0.05, 0) is 25.3 Å². The van der Waals surface area contributed by atoms with E-state index in [1.807, 2.05) is 0 Å². The Kier molecular flexibility index (Phi) is 3.61. The molecule has 0 spiro atoms. The molecule has 1 saturated carbocycles. The van der Waals surface area contributed by atoms with E-state index in [0.29, 0.717) is 31.7 Å². The van der Waals surface area contributed by atoms with Gasteiger partial charge in [0.05, 0.1) is 6.61 Å². The fraction of sp³-hybridized carbons (Fsp3) is 1.00. The zero-order chi connectivity index (χ0) is 10.7. The van der Waals surface area contributed by atoms with Crippen molar-refractivity contribution in [1.82, 2.24) is 5.32 Å². The number of hydrogen-bond donors (Lipinski definition) is 3. The topological polar surface area (TPSA) is 67.5 Å². The first-order chi connectivity index (χ1) is 7.23. The van der Waals surface area contributed by atoms with Crippen LogP contribution in [0.25, 0.3) is 0 Å².